The highest BCUT2D eigenvalue weighted by Crippen LogP contribution is 2.39. The normalized spacial score (nSPS) is 23.3. The minimum atomic E-state index is -0.510. The van der Waals surface area contributed by atoms with Gasteiger partial charge < -0.3 is 14.5 Å². The summed E-state index contributed by atoms with van der Waals surface area (Å²) in [6.45, 7) is 2.44. The Morgan fingerprint density at radius 1 is 1.13 bits per heavy atom. The van der Waals surface area contributed by atoms with E-state index in [0.29, 0.717) is 18.7 Å². The number of benzene rings is 2. The van der Waals surface area contributed by atoms with E-state index < -0.39 is 11.4 Å². The first-order valence-electron chi connectivity index (χ1n) is 10.4. The summed E-state index contributed by atoms with van der Waals surface area (Å²) in [6, 6.07) is 13.8. The van der Waals surface area contributed by atoms with E-state index in [9.17, 15) is 14.0 Å². The Morgan fingerprint density at radius 2 is 1.87 bits per heavy atom. The van der Waals surface area contributed by atoms with Crippen LogP contribution < -0.4 is 4.74 Å². The number of para-hydroxylation sites is 1. The molecule has 0 bridgehead atoms. The van der Waals surface area contributed by atoms with Gasteiger partial charge in [0.25, 0.3) is 5.91 Å². The molecule has 158 valence electrons. The Kier molecular flexibility index (Phi) is 5.50. The number of fused-ring (bicyclic) bond motifs is 1. The third kappa shape index (κ3) is 4.04. The first-order valence-corrected chi connectivity index (χ1v) is 10.4. The van der Waals surface area contributed by atoms with E-state index in [1.54, 1.807) is 28.9 Å². The maximum Gasteiger partial charge on any atom is 0.254 e. The van der Waals surface area contributed by atoms with Gasteiger partial charge in [0.15, 0.2) is 0 Å². The number of amides is 2. The van der Waals surface area contributed by atoms with Gasteiger partial charge >= 0.3 is 0 Å². The van der Waals surface area contributed by atoms with Gasteiger partial charge in [-0.25, -0.2) is 4.39 Å². The molecule has 0 aromatic heterocycles. The van der Waals surface area contributed by atoms with Gasteiger partial charge in [-0.15, -0.1) is 0 Å². The molecule has 2 aliphatic rings. The first-order chi connectivity index (χ1) is 14.4. The van der Waals surface area contributed by atoms with Gasteiger partial charge in [-0.3, -0.25) is 9.59 Å². The lowest BCUT2D eigenvalue weighted by atomic mass is 9.81. The second kappa shape index (κ2) is 8.09. The molecule has 0 atom stereocenters. The summed E-state index contributed by atoms with van der Waals surface area (Å²) in [4.78, 5) is 28.6. The van der Waals surface area contributed by atoms with Gasteiger partial charge in [0, 0.05) is 37.7 Å². The molecule has 0 N–H and O–H groups in total. The fourth-order valence-corrected chi connectivity index (χ4v) is 4.59. The molecule has 0 unspecified atom stereocenters. The molecule has 2 aromatic rings. The molecule has 6 heteroatoms. The van der Waals surface area contributed by atoms with Crippen molar-refractivity contribution in [1.29, 1.82) is 0 Å². The highest BCUT2D eigenvalue weighted by molar-refractivity contribution is 5.94. The maximum absolute atomic E-state index is 13.7. The van der Waals surface area contributed by atoms with Crippen LogP contribution in [0.1, 0.15) is 48.5 Å². The second-order valence-corrected chi connectivity index (χ2v) is 8.43. The Bertz CT molecular complexity index is 953. The number of carbonyl (C=O) groups is 2. The highest BCUT2D eigenvalue weighted by Gasteiger charge is 2.43. The fourth-order valence-electron chi connectivity index (χ4n) is 4.59. The molecule has 0 radical (unpaired) electrons. The molecule has 1 fully saturated rings. The van der Waals surface area contributed by atoms with E-state index >= 15 is 0 Å². The van der Waals surface area contributed by atoms with Gasteiger partial charge in [-0.2, -0.15) is 0 Å². The van der Waals surface area contributed by atoms with Crippen molar-refractivity contribution in [2.45, 2.75) is 50.8 Å². The van der Waals surface area contributed by atoms with Crippen LogP contribution in [0.5, 0.6) is 5.75 Å². The topological polar surface area (TPSA) is 49.9 Å². The summed E-state index contributed by atoms with van der Waals surface area (Å²) in [7, 11) is 1.84. The third-order valence-electron chi connectivity index (χ3n) is 6.41. The summed E-state index contributed by atoms with van der Waals surface area (Å²) >= 11 is 0. The predicted molar refractivity (Wildman–Crippen MR) is 112 cm³/mol. The molecule has 1 heterocycles. The zero-order chi connectivity index (χ0) is 21.3. The average Bonchev–Trinajstić information content (AvgIpc) is 2.89. The number of hydrogen-bond acceptors (Lipinski definition) is 3. The van der Waals surface area contributed by atoms with E-state index in [1.807, 2.05) is 31.3 Å². The molecular formula is C24H27FN2O3. The summed E-state index contributed by atoms with van der Waals surface area (Å²) in [5.41, 5.74) is 0.778. The number of halogens is 1. The quantitative estimate of drug-likeness (QED) is 0.751. The van der Waals surface area contributed by atoms with Crippen molar-refractivity contribution < 1.29 is 18.7 Å². The molecular weight excluding hydrogens is 383 g/mol. The second-order valence-electron chi connectivity index (χ2n) is 8.43. The van der Waals surface area contributed by atoms with Gasteiger partial charge in [0.05, 0.1) is 6.54 Å². The summed E-state index contributed by atoms with van der Waals surface area (Å²) in [5.74, 6) is 0.239. The van der Waals surface area contributed by atoms with Gasteiger partial charge in [0.2, 0.25) is 5.91 Å². The van der Waals surface area contributed by atoms with Gasteiger partial charge in [-0.1, -0.05) is 24.3 Å². The van der Waals surface area contributed by atoms with Crippen molar-refractivity contribution in [2.75, 3.05) is 13.6 Å². The number of rotatable bonds is 2. The minimum absolute atomic E-state index is 0.0611. The van der Waals surface area contributed by atoms with Crippen LogP contribution in [-0.4, -0.2) is 46.8 Å². The Hall–Kier alpha value is -2.89. The summed E-state index contributed by atoms with van der Waals surface area (Å²) < 4.78 is 20.3. The SMILES string of the molecule is CC(=O)N(C)C1CCC2(CC1)CN(C(=O)c1cccc(F)c1)Cc1ccccc1O2. The van der Waals surface area contributed by atoms with Gasteiger partial charge in [-0.05, 0) is 49.9 Å². The zero-order valence-electron chi connectivity index (χ0n) is 17.4. The number of carbonyl (C=O) groups excluding carboxylic acids is 2. The van der Waals surface area contributed by atoms with Crippen molar-refractivity contribution in [3.05, 3.63) is 65.5 Å². The molecule has 1 spiro atoms. The van der Waals surface area contributed by atoms with Crippen molar-refractivity contribution >= 4 is 11.8 Å². The Morgan fingerprint density at radius 3 is 2.57 bits per heavy atom. The number of nitrogens with zero attached hydrogens (tertiary/aromatic N) is 2. The number of hydrogen-bond donors (Lipinski definition) is 0. The van der Waals surface area contributed by atoms with Crippen LogP contribution >= 0.6 is 0 Å². The lowest BCUT2D eigenvalue weighted by Gasteiger charge is -2.43. The highest BCUT2D eigenvalue weighted by atomic mass is 19.1. The van der Waals surface area contributed by atoms with Crippen LogP contribution in [0, 0.1) is 5.82 Å². The lowest BCUT2D eigenvalue weighted by molar-refractivity contribution is -0.131. The van der Waals surface area contributed by atoms with E-state index in [-0.39, 0.29) is 17.9 Å². The van der Waals surface area contributed by atoms with E-state index in [2.05, 4.69) is 0 Å². The van der Waals surface area contributed by atoms with Crippen LogP contribution in [0.3, 0.4) is 0 Å². The van der Waals surface area contributed by atoms with Crippen LogP contribution in [0.4, 0.5) is 4.39 Å². The summed E-state index contributed by atoms with van der Waals surface area (Å²) in [6.07, 6.45) is 3.13. The molecule has 5 nitrogen and oxygen atoms in total. The minimum Gasteiger partial charge on any atom is -0.485 e. The number of ether oxygens (including phenoxy) is 1. The maximum atomic E-state index is 13.7. The zero-order valence-corrected chi connectivity index (χ0v) is 17.4. The van der Waals surface area contributed by atoms with E-state index in [1.165, 1.54) is 12.1 Å². The van der Waals surface area contributed by atoms with Crippen molar-refractivity contribution in [2.24, 2.45) is 0 Å². The molecule has 1 aliphatic carbocycles. The Labute approximate surface area is 176 Å². The first kappa shape index (κ1) is 20.4. The predicted octanol–water partition coefficient (Wildman–Crippen LogP) is 4.02. The van der Waals surface area contributed by atoms with Crippen LogP contribution in [0.25, 0.3) is 0 Å². The molecule has 0 saturated heterocycles. The largest absolute Gasteiger partial charge is 0.485 e. The Balaban J connectivity index is 1.62. The summed E-state index contributed by atoms with van der Waals surface area (Å²) in [5, 5.41) is 0. The molecule has 1 aliphatic heterocycles. The van der Waals surface area contributed by atoms with Crippen LogP contribution in [0.2, 0.25) is 0 Å². The van der Waals surface area contributed by atoms with Crippen molar-refractivity contribution in [1.82, 2.24) is 9.80 Å². The molecule has 2 amide bonds. The molecule has 4 rings (SSSR count). The molecule has 2 aromatic carbocycles. The molecule has 1 saturated carbocycles. The van der Waals surface area contributed by atoms with E-state index in [0.717, 1.165) is 37.0 Å². The van der Waals surface area contributed by atoms with Crippen molar-refractivity contribution in [3.63, 3.8) is 0 Å². The lowest BCUT2D eigenvalue weighted by Crippen LogP contribution is -2.52. The monoisotopic (exact) mass is 410 g/mol. The van der Waals surface area contributed by atoms with Crippen LogP contribution in [-0.2, 0) is 11.3 Å². The van der Waals surface area contributed by atoms with Crippen molar-refractivity contribution in [3.8, 4) is 5.75 Å². The van der Waals surface area contributed by atoms with Gasteiger partial charge in [0.1, 0.15) is 17.2 Å². The third-order valence-corrected chi connectivity index (χ3v) is 6.41. The average molecular weight is 410 g/mol. The van der Waals surface area contributed by atoms with E-state index in [4.69, 9.17) is 4.74 Å². The molecule has 30 heavy (non-hydrogen) atoms. The van der Waals surface area contributed by atoms with Crippen LogP contribution in [0.15, 0.2) is 48.5 Å². The smallest absolute Gasteiger partial charge is 0.254 e. The standard InChI is InChI=1S/C24H27FN2O3/c1-17(28)26(2)21-10-12-24(13-11-21)16-27(15-19-6-3-4-9-22(19)30-24)23(29)18-7-5-8-20(25)14-18/h3-9,14,21H,10-13,15-16H2,1-2H3. The fraction of sp³-hybridized carbons (Fsp3) is 0.417.